The lowest BCUT2D eigenvalue weighted by molar-refractivity contribution is 0.883. The molecule has 0 saturated heterocycles. The predicted molar refractivity (Wildman–Crippen MR) is 261 cm³/mol. The van der Waals surface area contributed by atoms with E-state index in [1.54, 1.807) is 0 Å². The lowest BCUT2D eigenvalue weighted by Gasteiger charge is -2.31. The van der Waals surface area contributed by atoms with Crippen molar-refractivity contribution < 1.29 is 0 Å². The predicted octanol–water partition coefficient (Wildman–Crippen LogP) is 15.4. The molecule has 0 unspecified atom stereocenters. The smallest absolute Gasteiger partial charge is 0.0579 e. The Balaban J connectivity index is 1.03. The zero-order chi connectivity index (χ0) is 40.5. The van der Waals surface area contributed by atoms with Crippen LogP contribution in [0, 0.1) is 0 Å². The quantitative estimate of drug-likeness (QED) is 0.168. The van der Waals surface area contributed by atoms with Gasteiger partial charge in [-0.15, -0.1) is 0 Å². The molecule has 2 heterocycles. The van der Waals surface area contributed by atoms with E-state index in [-0.39, 0.29) is 0 Å². The molecule has 0 bridgehead atoms. The molecule has 2 aliphatic rings. The molecule has 290 valence electrons. The third-order valence-corrected chi connectivity index (χ3v) is 14.2. The second-order valence-electron chi connectivity index (χ2n) is 17.5. The summed E-state index contributed by atoms with van der Waals surface area (Å²) in [5.41, 5.74) is 21.7. The summed E-state index contributed by atoms with van der Waals surface area (Å²) in [6.07, 6.45) is 4.06. The van der Waals surface area contributed by atoms with E-state index in [2.05, 4.69) is 203 Å². The molecule has 10 aromatic carbocycles. The number of aromatic nitrogens is 2. The average Bonchev–Trinajstić information content (AvgIpc) is 3.85. The number of aryl methyl sites for hydroxylation is 4. The van der Waals surface area contributed by atoms with Gasteiger partial charge in [-0.05, 0) is 176 Å². The Kier molecular flexibility index (Phi) is 7.10. The van der Waals surface area contributed by atoms with Crippen molar-refractivity contribution in [3.05, 3.63) is 216 Å². The number of benzene rings is 10. The molecule has 0 amide bonds. The SMILES string of the molecule is c1ccc(-n2c3ccc(-c4ccc5ccccc5c4)cc3c3cc4c5c(c32)CCc2c-5c(cc3c5cc(-c6ccc7ccccc7c6)ccc5n(-c5ccccc5)c23)CC4)cc1. The van der Waals surface area contributed by atoms with Crippen LogP contribution in [-0.2, 0) is 25.7 Å². The van der Waals surface area contributed by atoms with Crippen LogP contribution >= 0.6 is 0 Å². The van der Waals surface area contributed by atoms with E-state index in [9.17, 15) is 0 Å². The van der Waals surface area contributed by atoms with Crippen molar-refractivity contribution in [2.45, 2.75) is 25.7 Å². The Morgan fingerprint density at radius 1 is 0.290 bits per heavy atom. The van der Waals surface area contributed by atoms with Gasteiger partial charge in [0.25, 0.3) is 0 Å². The molecule has 0 aliphatic heterocycles. The van der Waals surface area contributed by atoms with Gasteiger partial charge in [0.05, 0.1) is 22.1 Å². The zero-order valence-electron chi connectivity index (χ0n) is 34.2. The van der Waals surface area contributed by atoms with Crippen LogP contribution in [-0.4, -0.2) is 9.13 Å². The number of nitrogens with zero attached hydrogens (tertiary/aromatic N) is 2. The highest BCUT2D eigenvalue weighted by molar-refractivity contribution is 6.17. The first-order valence-corrected chi connectivity index (χ1v) is 22.1. The fourth-order valence-corrected chi connectivity index (χ4v) is 11.4. The molecule has 0 N–H and O–H groups in total. The molecule has 62 heavy (non-hydrogen) atoms. The summed E-state index contributed by atoms with van der Waals surface area (Å²) in [6, 6.07) is 72.7. The topological polar surface area (TPSA) is 9.86 Å². The van der Waals surface area contributed by atoms with Gasteiger partial charge in [0.15, 0.2) is 0 Å². The normalized spacial score (nSPS) is 13.2. The van der Waals surface area contributed by atoms with E-state index in [4.69, 9.17) is 0 Å². The van der Waals surface area contributed by atoms with Crippen LogP contribution in [0.4, 0.5) is 0 Å². The van der Waals surface area contributed by atoms with Crippen molar-refractivity contribution in [3.8, 4) is 44.8 Å². The van der Waals surface area contributed by atoms with Crippen molar-refractivity contribution >= 4 is 65.2 Å². The van der Waals surface area contributed by atoms with Crippen LogP contribution in [0.2, 0.25) is 0 Å². The fourth-order valence-electron chi connectivity index (χ4n) is 11.4. The van der Waals surface area contributed by atoms with Crippen LogP contribution in [0.25, 0.3) is 110 Å². The lowest BCUT2D eigenvalue weighted by atomic mass is 9.74. The maximum atomic E-state index is 2.57. The van der Waals surface area contributed by atoms with Gasteiger partial charge in [0.2, 0.25) is 0 Å². The summed E-state index contributed by atoms with van der Waals surface area (Å²) < 4.78 is 5.13. The molecular weight excluding hydrogens is 749 g/mol. The van der Waals surface area contributed by atoms with Crippen LogP contribution in [0.5, 0.6) is 0 Å². The fraction of sp³-hybridized carbons (Fsp3) is 0.0667. The van der Waals surface area contributed by atoms with Gasteiger partial charge >= 0.3 is 0 Å². The summed E-state index contributed by atoms with van der Waals surface area (Å²) in [6.45, 7) is 0. The van der Waals surface area contributed by atoms with E-state index in [1.165, 1.54) is 132 Å². The third-order valence-electron chi connectivity index (χ3n) is 14.2. The molecule has 14 rings (SSSR count). The minimum atomic E-state index is 0.991. The highest BCUT2D eigenvalue weighted by Gasteiger charge is 2.33. The first kappa shape index (κ1) is 34.1. The van der Waals surface area contributed by atoms with Crippen LogP contribution in [0.15, 0.2) is 194 Å². The summed E-state index contributed by atoms with van der Waals surface area (Å²) in [4.78, 5) is 0. The first-order valence-electron chi connectivity index (χ1n) is 22.1. The van der Waals surface area contributed by atoms with Crippen molar-refractivity contribution in [2.24, 2.45) is 0 Å². The third kappa shape index (κ3) is 4.86. The van der Waals surface area contributed by atoms with Gasteiger partial charge in [-0.25, -0.2) is 0 Å². The van der Waals surface area contributed by atoms with Gasteiger partial charge in [-0.1, -0.05) is 121 Å². The molecule has 0 fully saturated rings. The van der Waals surface area contributed by atoms with Crippen LogP contribution in [0.1, 0.15) is 22.3 Å². The highest BCUT2D eigenvalue weighted by Crippen LogP contribution is 2.51. The van der Waals surface area contributed by atoms with E-state index < -0.39 is 0 Å². The second-order valence-corrected chi connectivity index (χ2v) is 17.5. The first-order chi connectivity index (χ1) is 30.7. The van der Waals surface area contributed by atoms with Crippen molar-refractivity contribution in [1.29, 1.82) is 0 Å². The molecule has 0 saturated carbocycles. The van der Waals surface area contributed by atoms with Crippen molar-refractivity contribution in [1.82, 2.24) is 9.13 Å². The van der Waals surface area contributed by atoms with Crippen molar-refractivity contribution in [3.63, 3.8) is 0 Å². The molecule has 12 aromatic rings. The Bertz CT molecular complexity index is 3590. The number of rotatable bonds is 4. The van der Waals surface area contributed by atoms with Gasteiger partial charge in [0, 0.05) is 32.9 Å². The maximum absolute atomic E-state index is 2.57. The summed E-state index contributed by atoms with van der Waals surface area (Å²) in [5, 5.41) is 10.5. The average molecular weight is 789 g/mol. The Morgan fingerprint density at radius 3 is 1.13 bits per heavy atom. The van der Waals surface area contributed by atoms with Crippen LogP contribution < -0.4 is 0 Å². The van der Waals surface area contributed by atoms with Gasteiger partial charge in [-0.2, -0.15) is 0 Å². The minimum absolute atomic E-state index is 0.991. The number of hydrogen-bond donors (Lipinski definition) is 0. The monoisotopic (exact) mass is 788 g/mol. The van der Waals surface area contributed by atoms with Gasteiger partial charge in [-0.3, -0.25) is 0 Å². The van der Waals surface area contributed by atoms with E-state index >= 15 is 0 Å². The van der Waals surface area contributed by atoms with Gasteiger partial charge in [0.1, 0.15) is 0 Å². The molecular formula is C60H40N2. The second kappa shape index (κ2) is 12.9. The van der Waals surface area contributed by atoms with E-state index in [1.807, 2.05) is 0 Å². The summed E-state index contributed by atoms with van der Waals surface area (Å²) in [7, 11) is 0. The number of para-hydroxylation sites is 2. The Hall–Kier alpha value is -7.68. The number of hydrogen-bond acceptors (Lipinski definition) is 0. The standard InChI is InChI=1S/C60H40N2/c1-3-15-47(16-4-1)61-55-29-25-43(41-21-19-37-11-7-9-13-39(37)31-41)33-51(55)53-35-45-23-24-46-36-54-52-34-44(42-22-20-38-12-8-10-14-40(38)32-42)26-30-56(52)62(48-17-5-2-6-18-48)60(54)50-28-27-49(59(53)61)57(45)58(46)50/h1-22,25-26,29-36H,23-24,27-28H2. The largest absolute Gasteiger partial charge is 0.309 e. The lowest BCUT2D eigenvalue weighted by Crippen LogP contribution is -2.16. The van der Waals surface area contributed by atoms with Gasteiger partial charge < -0.3 is 9.13 Å². The molecule has 0 spiro atoms. The summed E-state index contributed by atoms with van der Waals surface area (Å²) >= 11 is 0. The molecule has 2 nitrogen and oxygen atoms in total. The molecule has 0 radical (unpaired) electrons. The van der Waals surface area contributed by atoms with E-state index in [0.717, 1.165) is 25.7 Å². The molecule has 0 atom stereocenters. The van der Waals surface area contributed by atoms with Crippen LogP contribution in [0.3, 0.4) is 0 Å². The van der Waals surface area contributed by atoms with E-state index in [0.29, 0.717) is 0 Å². The maximum Gasteiger partial charge on any atom is 0.0579 e. The number of fused-ring (bicyclic) bond motifs is 10. The van der Waals surface area contributed by atoms with Crippen molar-refractivity contribution in [2.75, 3.05) is 0 Å². The summed E-state index contributed by atoms with van der Waals surface area (Å²) in [5.74, 6) is 0. The highest BCUT2D eigenvalue weighted by atomic mass is 15.0. The molecule has 2 aliphatic carbocycles. The minimum Gasteiger partial charge on any atom is -0.309 e. The molecule has 2 heteroatoms. The zero-order valence-corrected chi connectivity index (χ0v) is 34.2. The Labute approximate surface area is 359 Å². The Morgan fingerprint density at radius 2 is 0.677 bits per heavy atom. The molecule has 2 aromatic heterocycles.